The van der Waals surface area contributed by atoms with Gasteiger partial charge >= 0.3 is 0 Å². The molecule has 11 nitrogen and oxygen atoms in total. The van der Waals surface area contributed by atoms with E-state index < -0.39 is 26.8 Å². The third-order valence-corrected chi connectivity index (χ3v) is 22.5. The molecule has 0 unspecified atom stereocenters. The van der Waals surface area contributed by atoms with Gasteiger partial charge in [0, 0.05) is 43.4 Å². The molecule has 0 spiro atoms. The van der Waals surface area contributed by atoms with Crippen molar-refractivity contribution in [2.45, 2.75) is 129 Å². The van der Waals surface area contributed by atoms with E-state index in [1.54, 1.807) is 30.3 Å². The van der Waals surface area contributed by atoms with E-state index in [0.29, 0.717) is 12.4 Å². The number of aromatic nitrogens is 2. The first-order valence-corrected chi connectivity index (χ1v) is 29.2. The van der Waals surface area contributed by atoms with Gasteiger partial charge in [-0.3, -0.25) is 28.7 Å². The standard InChI is InChI=1S/C21H34BrN3O2Si.C15H31NO4SSi.C6H6BrN/c1-16(26)25(20-17(22)10-8-13-23-20)14-9-11-18-19(12-15-24(18)5)27-28(6,7)21(2,3)4;1-15(2,3)22(6,7)20-14-10-11-16(4)13(14)9-8-12-19-21(5,17)18;1-5-6(7)3-2-4-8-5/h8-11,13,18-19H,12,14-15H2,1-7H3;8-9,13-14H,10-12H2,1-7H3;2-4H,1H3/b11-9+;9-8+;/t18-,19+;13-,14+;/m11./s1. The lowest BCUT2D eigenvalue weighted by Crippen LogP contribution is -2.46. The van der Waals surface area contributed by atoms with E-state index >= 15 is 0 Å². The summed E-state index contributed by atoms with van der Waals surface area (Å²) in [4.78, 5) is 26.8. The Hall–Kier alpha value is -1.61. The van der Waals surface area contributed by atoms with Gasteiger partial charge in [0.05, 0.1) is 47.3 Å². The molecule has 2 fully saturated rings. The third kappa shape index (κ3) is 16.7. The minimum absolute atomic E-state index is 0.0297. The van der Waals surface area contributed by atoms with E-state index in [1.165, 1.54) is 0 Å². The first kappa shape index (κ1) is 52.5. The second-order valence-electron chi connectivity index (χ2n) is 18.2. The Morgan fingerprint density at radius 1 is 0.845 bits per heavy atom. The van der Waals surface area contributed by atoms with Crippen molar-refractivity contribution in [3.63, 3.8) is 0 Å². The van der Waals surface area contributed by atoms with E-state index in [2.05, 4.69) is 146 Å². The summed E-state index contributed by atoms with van der Waals surface area (Å²) in [6.45, 7) is 28.8. The lowest BCUT2D eigenvalue weighted by Gasteiger charge is -2.39. The highest BCUT2D eigenvalue weighted by atomic mass is 79.9. The molecule has 2 aliphatic rings. The molecule has 0 radical (unpaired) electrons. The second-order valence-corrected chi connectivity index (χ2v) is 31.1. The Kier molecular flexibility index (Phi) is 20.4. The molecule has 16 heteroatoms. The summed E-state index contributed by atoms with van der Waals surface area (Å²) in [6.07, 6.45) is 15.0. The molecule has 0 bridgehead atoms. The van der Waals surface area contributed by atoms with Crippen molar-refractivity contribution in [2.24, 2.45) is 0 Å². The van der Waals surface area contributed by atoms with E-state index in [4.69, 9.17) is 13.0 Å². The van der Waals surface area contributed by atoms with Crippen LogP contribution in [0.1, 0.15) is 67.0 Å². The topological polar surface area (TPSA) is 114 Å². The maximum atomic E-state index is 12.2. The fraction of sp³-hybridized carbons (Fsp3) is 0.643. The van der Waals surface area contributed by atoms with Crippen molar-refractivity contribution in [3.8, 4) is 0 Å². The van der Waals surface area contributed by atoms with Gasteiger partial charge in [-0.05, 0) is 126 Å². The number of likely N-dealkylation sites (tertiary alicyclic amines) is 2. The number of carbonyl (C=O) groups excluding carboxylic acids is 1. The molecule has 0 N–H and O–H groups in total. The number of carbonyl (C=O) groups is 1. The van der Waals surface area contributed by atoms with Gasteiger partial charge in [0.2, 0.25) is 5.91 Å². The number of hydrogen-bond donors (Lipinski definition) is 0. The molecular formula is C42H71Br2N5O6SSi2. The molecule has 4 rings (SSSR count). The molecule has 2 aromatic rings. The Balaban J connectivity index is 0.000000342. The number of amides is 1. The summed E-state index contributed by atoms with van der Waals surface area (Å²) in [6, 6.07) is 8.03. The number of anilines is 1. The van der Waals surface area contributed by atoms with Crippen LogP contribution in [0.25, 0.3) is 0 Å². The third-order valence-electron chi connectivity index (χ3n) is 11.5. The fourth-order valence-corrected chi connectivity index (χ4v) is 9.63. The molecule has 2 saturated heterocycles. The van der Waals surface area contributed by atoms with Crippen LogP contribution in [0.3, 0.4) is 0 Å². The van der Waals surface area contributed by atoms with Crippen LogP contribution in [0.2, 0.25) is 36.3 Å². The lowest BCUT2D eigenvalue weighted by atomic mass is 10.1. The van der Waals surface area contributed by atoms with Crippen molar-refractivity contribution < 1.29 is 26.2 Å². The molecule has 0 aromatic carbocycles. The molecule has 0 saturated carbocycles. The lowest BCUT2D eigenvalue weighted by molar-refractivity contribution is -0.116. The maximum Gasteiger partial charge on any atom is 0.264 e. The molecule has 4 atom stereocenters. The predicted octanol–water partition coefficient (Wildman–Crippen LogP) is 9.61. The largest absolute Gasteiger partial charge is 0.412 e. The summed E-state index contributed by atoms with van der Waals surface area (Å²) < 4.78 is 41.8. The van der Waals surface area contributed by atoms with Gasteiger partial charge < -0.3 is 8.85 Å². The highest BCUT2D eigenvalue weighted by molar-refractivity contribution is 9.10. The van der Waals surface area contributed by atoms with E-state index in [9.17, 15) is 13.2 Å². The summed E-state index contributed by atoms with van der Waals surface area (Å²) in [5, 5.41) is 0.376. The zero-order chi connectivity index (χ0) is 44.3. The fourth-order valence-electron chi connectivity index (χ4n) is 5.85. The summed E-state index contributed by atoms with van der Waals surface area (Å²) in [5.41, 5.74) is 1.03. The van der Waals surface area contributed by atoms with Crippen LogP contribution in [0, 0.1) is 6.92 Å². The van der Waals surface area contributed by atoms with Crippen LogP contribution < -0.4 is 4.90 Å². The highest BCUT2D eigenvalue weighted by Gasteiger charge is 2.44. The van der Waals surface area contributed by atoms with E-state index in [1.807, 2.05) is 37.3 Å². The van der Waals surface area contributed by atoms with Gasteiger partial charge in [-0.15, -0.1) is 0 Å². The van der Waals surface area contributed by atoms with Gasteiger partial charge in [0.15, 0.2) is 16.6 Å². The van der Waals surface area contributed by atoms with E-state index in [-0.39, 0.29) is 46.9 Å². The Morgan fingerprint density at radius 2 is 1.29 bits per heavy atom. The second kappa shape index (κ2) is 22.5. The Labute approximate surface area is 370 Å². The molecule has 2 aliphatic heterocycles. The van der Waals surface area contributed by atoms with Crippen molar-refractivity contribution in [1.82, 2.24) is 19.8 Å². The van der Waals surface area contributed by atoms with Crippen molar-refractivity contribution >= 4 is 70.3 Å². The molecule has 2 aromatic heterocycles. The monoisotopic (exact) mass is 987 g/mol. The molecule has 58 heavy (non-hydrogen) atoms. The number of halogens is 2. The van der Waals surface area contributed by atoms with Crippen LogP contribution in [0.4, 0.5) is 5.82 Å². The van der Waals surface area contributed by atoms with Crippen LogP contribution >= 0.6 is 31.9 Å². The normalized spacial score (nSPS) is 21.2. The Morgan fingerprint density at radius 3 is 1.67 bits per heavy atom. The van der Waals surface area contributed by atoms with Crippen molar-refractivity contribution in [2.75, 3.05) is 51.5 Å². The first-order chi connectivity index (χ1) is 26.6. The predicted molar refractivity (Wildman–Crippen MR) is 252 cm³/mol. The van der Waals surface area contributed by atoms with Gasteiger partial charge in [-0.25, -0.2) is 4.98 Å². The minimum atomic E-state index is -3.38. The zero-order valence-corrected chi connectivity index (χ0v) is 43.7. The van der Waals surface area contributed by atoms with E-state index in [0.717, 1.165) is 46.8 Å². The number of aryl methyl sites for hydroxylation is 1. The zero-order valence-electron chi connectivity index (χ0n) is 37.7. The van der Waals surface area contributed by atoms with Gasteiger partial charge in [0.25, 0.3) is 10.1 Å². The minimum Gasteiger partial charge on any atom is -0.412 e. The molecule has 4 heterocycles. The maximum absolute atomic E-state index is 12.2. The Bertz CT molecular complexity index is 1760. The van der Waals surface area contributed by atoms with Crippen molar-refractivity contribution in [1.29, 1.82) is 0 Å². The first-order valence-electron chi connectivity index (χ1n) is 20.0. The van der Waals surface area contributed by atoms with Crippen LogP contribution in [0.5, 0.6) is 0 Å². The van der Waals surface area contributed by atoms with Crippen LogP contribution in [-0.4, -0.2) is 122 Å². The average molecular weight is 990 g/mol. The highest BCUT2D eigenvalue weighted by Crippen LogP contribution is 2.40. The van der Waals surface area contributed by atoms with Gasteiger partial charge in [-0.1, -0.05) is 65.8 Å². The van der Waals surface area contributed by atoms with Gasteiger partial charge in [-0.2, -0.15) is 8.42 Å². The SMILES string of the molecule is CC(=O)N(C/C=C/[C@@H]1[C@@H](O[Si](C)(C)C(C)(C)C)CCN1C)c1ncccc1Br.CN1CC[C@H](O[Si](C)(C)C(C)(C)C)[C@H]1/C=C/COS(C)(=O)=O.Cc1ncccc1Br. The van der Waals surface area contributed by atoms with Crippen LogP contribution in [0.15, 0.2) is 69.9 Å². The number of likely N-dealkylation sites (N-methyl/N-ethyl adjacent to an activating group) is 2. The molecule has 1 amide bonds. The summed E-state index contributed by atoms with van der Waals surface area (Å²) >= 11 is 6.82. The number of hydrogen-bond acceptors (Lipinski definition) is 10. The molecule has 328 valence electrons. The molecular weight excluding hydrogens is 919 g/mol. The van der Waals surface area contributed by atoms with Crippen LogP contribution in [-0.2, 0) is 27.9 Å². The summed E-state index contributed by atoms with van der Waals surface area (Å²) in [5.74, 6) is 0.617. The smallest absolute Gasteiger partial charge is 0.264 e. The molecule has 0 aliphatic carbocycles. The van der Waals surface area contributed by atoms with Crippen molar-refractivity contribution in [3.05, 3.63) is 75.6 Å². The number of rotatable bonds is 12. The average Bonchev–Trinajstić information content (AvgIpc) is 3.61. The number of pyridine rings is 2. The van der Waals surface area contributed by atoms with Gasteiger partial charge in [0.1, 0.15) is 5.82 Å². The quantitative estimate of drug-likeness (QED) is 0.116. The number of nitrogens with zero attached hydrogens (tertiary/aromatic N) is 5. The summed E-state index contributed by atoms with van der Waals surface area (Å²) in [7, 11) is -2.80.